The minimum Gasteiger partial charge on any atom is -0.489 e. The van der Waals surface area contributed by atoms with E-state index in [-0.39, 0.29) is 30.0 Å². The molecule has 0 aliphatic carbocycles. The predicted molar refractivity (Wildman–Crippen MR) is 128 cm³/mol. The number of rotatable bonds is 4. The van der Waals surface area contributed by atoms with Crippen molar-refractivity contribution in [2.24, 2.45) is 0 Å². The van der Waals surface area contributed by atoms with Crippen LogP contribution in [0.5, 0.6) is 5.75 Å². The first-order valence-electron chi connectivity index (χ1n) is 10.1. The van der Waals surface area contributed by atoms with E-state index in [1.165, 1.54) is 17.7 Å². The zero-order valence-electron chi connectivity index (χ0n) is 18.3. The van der Waals surface area contributed by atoms with Gasteiger partial charge in [-0.15, -0.1) is 12.4 Å². The van der Waals surface area contributed by atoms with Crippen molar-refractivity contribution in [3.8, 4) is 17.1 Å². The number of halogens is 5. The minimum absolute atomic E-state index is 0. The number of hydrogen-bond acceptors (Lipinski definition) is 2. The number of H-pyrrole nitrogens is 1. The summed E-state index contributed by atoms with van der Waals surface area (Å²) in [5, 5.41) is 0.400. The molecule has 0 saturated heterocycles. The van der Waals surface area contributed by atoms with E-state index < -0.39 is 11.7 Å². The summed E-state index contributed by atoms with van der Waals surface area (Å²) in [7, 11) is 0. The normalized spacial score (nSPS) is 12.0. The highest BCUT2D eigenvalue weighted by atomic mass is 35.5. The lowest BCUT2D eigenvalue weighted by atomic mass is 9.87. The van der Waals surface area contributed by atoms with Gasteiger partial charge in [0.15, 0.2) is 0 Å². The average Bonchev–Trinajstić information content (AvgIpc) is 3.14. The van der Waals surface area contributed by atoms with Crippen molar-refractivity contribution in [3.63, 3.8) is 0 Å². The highest BCUT2D eigenvalue weighted by Gasteiger charge is 2.33. The third-order valence-electron chi connectivity index (χ3n) is 5.21. The fourth-order valence-corrected chi connectivity index (χ4v) is 3.70. The summed E-state index contributed by atoms with van der Waals surface area (Å²) in [5.41, 5.74) is 2.92. The van der Waals surface area contributed by atoms with Gasteiger partial charge in [0.2, 0.25) is 0 Å². The number of ether oxygens (including phenoxy) is 1. The average molecular weight is 495 g/mol. The highest BCUT2D eigenvalue weighted by Crippen LogP contribution is 2.34. The van der Waals surface area contributed by atoms with Crippen molar-refractivity contribution in [3.05, 3.63) is 82.4 Å². The summed E-state index contributed by atoms with van der Waals surface area (Å²) in [6.07, 6.45) is -4.44. The molecule has 3 aromatic carbocycles. The molecule has 4 aromatic rings. The Morgan fingerprint density at radius 3 is 2.39 bits per heavy atom. The molecule has 0 bridgehead atoms. The van der Waals surface area contributed by atoms with Gasteiger partial charge in [0.25, 0.3) is 0 Å². The summed E-state index contributed by atoms with van der Waals surface area (Å²) in [5.74, 6) is 0.967. The van der Waals surface area contributed by atoms with Crippen LogP contribution in [0.25, 0.3) is 22.4 Å². The van der Waals surface area contributed by atoms with Crippen LogP contribution in [0.4, 0.5) is 13.2 Å². The number of fused-ring (bicyclic) bond motifs is 1. The van der Waals surface area contributed by atoms with Gasteiger partial charge >= 0.3 is 6.18 Å². The van der Waals surface area contributed by atoms with Crippen LogP contribution < -0.4 is 4.74 Å². The molecule has 174 valence electrons. The van der Waals surface area contributed by atoms with Gasteiger partial charge in [-0.1, -0.05) is 56.6 Å². The van der Waals surface area contributed by atoms with Crippen LogP contribution >= 0.6 is 24.0 Å². The fraction of sp³-hybridized carbons (Fsp3) is 0.240. The Morgan fingerprint density at radius 2 is 1.70 bits per heavy atom. The molecule has 8 heteroatoms. The van der Waals surface area contributed by atoms with Crippen LogP contribution in [0.3, 0.4) is 0 Å². The second kappa shape index (κ2) is 9.27. The molecule has 0 amide bonds. The number of nitrogens with zero attached hydrogens (tertiary/aromatic N) is 1. The maximum Gasteiger partial charge on any atom is 0.416 e. The van der Waals surface area contributed by atoms with Gasteiger partial charge in [0, 0.05) is 16.1 Å². The first kappa shape index (κ1) is 24.9. The number of alkyl halides is 3. The van der Waals surface area contributed by atoms with Crippen LogP contribution in [-0.4, -0.2) is 9.97 Å². The highest BCUT2D eigenvalue weighted by molar-refractivity contribution is 6.31. The summed E-state index contributed by atoms with van der Waals surface area (Å²) in [6.45, 7) is 6.19. The first-order valence-corrected chi connectivity index (χ1v) is 10.5. The molecule has 0 aliphatic heterocycles. The third-order valence-corrected chi connectivity index (χ3v) is 5.43. The van der Waals surface area contributed by atoms with E-state index in [9.17, 15) is 13.2 Å². The summed E-state index contributed by atoms with van der Waals surface area (Å²) < 4.78 is 45.4. The molecule has 0 atom stereocenters. The minimum atomic E-state index is -4.44. The number of benzene rings is 3. The van der Waals surface area contributed by atoms with Gasteiger partial charge in [-0.25, -0.2) is 4.98 Å². The van der Waals surface area contributed by atoms with Gasteiger partial charge in [0.1, 0.15) is 18.2 Å². The SMILES string of the molecule is CC(C)(C)c1ccc2nc(-c3cc(Cl)cc(OCc4ccccc4C(F)(F)F)c3)[nH]c2c1.Cl. The van der Waals surface area contributed by atoms with E-state index >= 15 is 0 Å². The molecular formula is C25H23Cl2F3N2O. The van der Waals surface area contributed by atoms with E-state index in [0.29, 0.717) is 22.2 Å². The van der Waals surface area contributed by atoms with Crippen molar-refractivity contribution >= 4 is 35.0 Å². The zero-order chi connectivity index (χ0) is 23.1. The molecule has 1 aromatic heterocycles. The van der Waals surface area contributed by atoms with Crippen LogP contribution in [-0.2, 0) is 18.2 Å². The van der Waals surface area contributed by atoms with Crippen molar-refractivity contribution in [1.29, 1.82) is 0 Å². The molecule has 0 fully saturated rings. The second-order valence-electron chi connectivity index (χ2n) is 8.69. The Balaban J connectivity index is 0.00000306. The Hall–Kier alpha value is -2.70. The predicted octanol–water partition coefficient (Wildman–Crippen LogP) is 8.20. The number of hydrogen-bond donors (Lipinski definition) is 1. The van der Waals surface area contributed by atoms with E-state index in [1.807, 2.05) is 6.07 Å². The largest absolute Gasteiger partial charge is 0.489 e. The Morgan fingerprint density at radius 1 is 0.970 bits per heavy atom. The molecule has 0 radical (unpaired) electrons. The lowest BCUT2D eigenvalue weighted by Crippen LogP contribution is -2.10. The molecule has 0 aliphatic rings. The van der Waals surface area contributed by atoms with Gasteiger partial charge in [-0.3, -0.25) is 0 Å². The Labute approximate surface area is 201 Å². The monoisotopic (exact) mass is 494 g/mol. The lowest BCUT2D eigenvalue weighted by molar-refractivity contribution is -0.138. The smallest absolute Gasteiger partial charge is 0.416 e. The lowest BCUT2D eigenvalue weighted by Gasteiger charge is -2.18. The quantitative estimate of drug-likeness (QED) is 0.310. The summed E-state index contributed by atoms with van der Waals surface area (Å²) in [6, 6.07) is 16.5. The zero-order valence-corrected chi connectivity index (χ0v) is 19.8. The van der Waals surface area contributed by atoms with Crippen LogP contribution in [0.2, 0.25) is 5.02 Å². The van der Waals surface area contributed by atoms with E-state index in [4.69, 9.17) is 16.3 Å². The molecule has 1 heterocycles. The fourth-order valence-electron chi connectivity index (χ4n) is 3.48. The van der Waals surface area contributed by atoms with Gasteiger partial charge in [-0.05, 0) is 47.4 Å². The molecule has 0 spiro atoms. The molecule has 0 saturated carbocycles. The number of aromatic amines is 1. The van der Waals surface area contributed by atoms with Crippen molar-refractivity contribution in [2.75, 3.05) is 0 Å². The molecule has 4 rings (SSSR count). The maximum absolute atomic E-state index is 13.2. The van der Waals surface area contributed by atoms with Gasteiger partial charge in [0.05, 0.1) is 16.6 Å². The van der Waals surface area contributed by atoms with Crippen molar-refractivity contribution in [1.82, 2.24) is 9.97 Å². The standard InChI is InChI=1S/C25H22ClF3N2O.ClH/c1-24(2,3)17-8-9-21-22(12-17)31-23(30-21)16-10-18(26)13-19(11-16)32-14-15-6-4-5-7-20(15)25(27,28)29;/h4-13H,14H2,1-3H3,(H,30,31);1H. The molecule has 33 heavy (non-hydrogen) atoms. The maximum atomic E-state index is 13.2. The van der Waals surface area contributed by atoms with E-state index in [0.717, 1.165) is 17.1 Å². The van der Waals surface area contributed by atoms with Crippen LogP contribution in [0.1, 0.15) is 37.5 Å². The molecular weight excluding hydrogens is 472 g/mol. The Bertz CT molecular complexity index is 1280. The molecule has 1 N–H and O–H groups in total. The van der Waals surface area contributed by atoms with Crippen LogP contribution in [0, 0.1) is 0 Å². The topological polar surface area (TPSA) is 37.9 Å². The first-order chi connectivity index (χ1) is 15.0. The van der Waals surface area contributed by atoms with E-state index in [1.54, 1.807) is 24.3 Å². The Kier molecular flexibility index (Phi) is 7.01. The van der Waals surface area contributed by atoms with Crippen molar-refractivity contribution in [2.45, 2.75) is 39.0 Å². The third kappa shape index (κ3) is 5.63. The van der Waals surface area contributed by atoms with E-state index in [2.05, 4.69) is 42.9 Å². The van der Waals surface area contributed by atoms with Gasteiger partial charge < -0.3 is 9.72 Å². The number of aromatic nitrogens is 2. The summed E-state index contributed by atoms with van der Waals surface area (Å²) in [4.78, 5) is 7.94. The van der Waals surface area contributed by atoms with Crippen molar-refractivity contribution < 1.29 is 17.9 Å². The number of nitrogens with one attached hydrogen (secondary N) is 1. The second-order valence-corrected chi connectivity index (χ2v) is 9.12. The molecule has 0 unspecified atom stereocenters. The molecule has 3 nitrogen and oxygen atoms in total. The van der Waals surface area contributed by atoms with Crippen LogP contribution in [0.15, 0.2) is 60.7 Å². The van der Waals surface area contributed by atoms with Gasteiger partial charge in [-0.2, -0.15) is 13.2 Å². The number of imidazole rings is 1. The summed E-state index contributed by atoms with van der Waals surface area (Å²) >= 11 is 6.27.